The summed E-state index contributed by atoms with van der Waals surface area (Å²) in [5.74, 6) is 0.342. The fourth-order valence-corrected chi connectivity index (χ4v) is 1.59. The number of alkyl halides is 2. The molecule has 4 nitrogen and oxygen atoms in total. The minimum Gasteiger partial charge on any atom is -0.361 e. The number of halogens is 3. The molecule has 0 saturated carbocycles. The van der Waals surface area contributed by atoms with E-state index in [0.29, 0.717) is 16.1 Å². The van der Waals surface area contributed by atoms with Crippen molar-refractivity contribution >= 4 is 27.4 Å². The van der Waals surface area contributed by atoms with Crippen LogP contribution in [0.15, 0.2) is 23.2 Å². The summed E-state index contributed by atoms with van der Waals surface area (Å²) in [6.07, 6.45) is 2.59. The van der Waals surface area contributed by atoms with E-state index in [1.54, 1.807) is 23.0 Å². The van der Waals surface area contributed by atoms with Crippen molar-refractivity contribution in [2.45, 2.75) is 6.43 Å². The average Bonchev–Trinajstić information content (AvgIpc) is 2.61. The minimum absolute atomic E-state index is 0.342. The van der Waals surface area contributed by atoms with E-state index in [1.807, 2.05) is 0 Å². The molecule has 0 radical (unpaired) electrons. The predicted octanol–water partition coefficient (Wildman–Crippen LogP) is 2.17. The van der Waals surface area contributed by atoms with Gasteiger partial charge in [-0.1, -0.05) is 0 Å². The van der Waals surface area contributed by atoms with Crippen molar-refractivity contribution in [2.75, 3.05) is 11.9 Å². The van der Waals surface area contributed by atoms with Gasteiger partial charge in [-0.2, -0.15) is 0 Å². The zero-order valence-electron chi connectivity index (χ0n) is 7.49. The molecule has 0 bridgehead atoms. The van der Waals surface area contributed by atoms with Crippen LogP contribution in [0.1, 0.15) is 0 Å². The number of imidazole rings is 1. The molecule has 0 aliphatic carbocycles. The maximum absolute atomic E-state index is 12.0. The summed E-state index contributed by atoms with van der Waals surface area (Å²) in [6, 6.07) is 0. The van der Waals surface area contributed by atoms with Gasteiger partial charge in [0.05, 0.1) is 6.54 Å². The number of fused-ring (bicyclic) bond motifs is 1. The molecule has 2 aromatic heterocycles. The van der Waals surface area contributed by atoms with Crippen LogP contribution in [-0.4, -0.2) is 27.3 Å². The molecule has 2 aromatic rings. The van der Waals surface area contributed by atoms with Crippen molar-refractivity contribution < 1.29 is 8.78 Å². The summed E-state index contributed by atoms with van der Waals surface area (Å²) < 4.78 is 26.3. The van der Waals surface area contributed by atoms with Gasteiger partial charge >= 0.3 is 0 Å². The number of aromatic nitrogens is 3. The second kappa shape index (κ2) is 4.09. The van der Waals surface area contributed by atoms with Crippen LogP contribution in [0, 0.1) is 0 Å². The van der Waals surface area contributed by atoms with Crippen LogP contribution in [0.4, 0.5) is 14.6 Å². The maximum atomic E-state index is 12.0. The molecule has 7 heteroatoms. The Labute approximate surface area is 92.5 Å². The summed E-state index contributed by atoms with van der Waals surface area (Å²) >= 11 is 3.19. The summed E-state index contributed by atoms with van der Waals surface area (Å²) in [5.41, 5.74) is 0.527. The van der Waals surface area contributed by atoms with Crippen molar-refractivity contribution in [3.8, 4) is 0 Å². The summed E-state index contributed by atoms with van der Waals surface area (Å²) in [6.45, 7) is -0.439. The molecular formula is C8H7BrF2N4. The molecule has 0 spiro atoms. The van der Waals surface area contributed by atoms with Crippen LogP contribution in [0.2, 0.25) is 0 Å². The fraction of sp³-hybridized carbons (Fsp3) is 0.250. The Bertz CT molecular complexity index is 471. The highest BCUT2D eigenvalue weighted by Crippen LogP contribution is 2.16. The van der Waals surface area contributed by atoms with Crippen molar-refractivity contribution in [3.05, 3.63) is 23.2 Å². The van der Waals surface area contributed by atoms with Crippen LogP contribution in [0.5, 0.6) is 0 Å². The topological polar surface area (TPSA) is 42.2 Å². The van der Waals surface area contributed by atoms with E-state index < -0.39 is 13.0 Å². The maximum Gasteiger partial charge on any atom is 0.255 e. The fourth-order valence-electron chi connectivity index (χ4n) is 1.19. The molecule has 0 aliphatic rings. The number of nitrogens with zero attached hydrogens (tertiary/aromatic N) is 3. The van der Waals surface area contributed by atoms with Crippen LogP contribution >= 0.6 is 15.9 Å². The Morgan fingerprint density at radius 2 is 2.33 bits per heavy atom. The van der Waals surface area contributed by atoms with Crippen molar-refractivity contribution in [1.82, 2.24) is 14.4 Å². The highest BCUT2D eigenvalue weighted by atomic mass is 79.9. The Morgan fingerprint density at radius 3 is 3.07 bits per heavy atom. The number of anilines is 1. The van der Waals surface area contributed by atoms with E-state index in [2.05, 4.69) is 31.2 Å². The lowest BCUT2D eigenvalue weighted by atomic mass is 10.5. The number of nitrogens with one attached hydrogen (secondary N) is 1. The summed E-state index contributed by atoms with van der Waals surface area (Å²) in [4.78, 5) is 8.04. The van der Waals surface area contributed by atoms with Gasteiger partial charge in [0.1, 0.15) is 4.60 Å². The smallest absolute Gasteiger partial charge is 0.255 e. The molecular weight excluding hydrogens is 270 g/mol. The lowest BCUT2D eigenvalue weighted by Crippen LogP contribution is -2.12. The SMILES string of the molecule is FC(F)CNc1nc(Br)cn2ccnc12. The van der Waals surface area contributed by atoms with Crippen LogP contribution < -0.4 is 5.32 Å². The van der Waals surface area contributed by atoms with Gasteiger partial charge in [0.15, 0.2) is 11.5 Å². The zero-order chi connectivity index (χ0) is 10.8. The first-order valence-electron chi connectivity index (χ1n) is 4.18. The average molecular weight is 277 g/mol. The van der Waals surface area contributed by atoms with Crippen LogP contribution in [0.3, 0.4) is 0 Å². The van der Waals surface area contributed by atoms with E-state index in [1.165, 1.54) is 0 Å². The lowest BCUT2D eigenvalue weighted by molar-refractivity contribution is 0.163. The standard InChI is InChI=1S/C8H7BrF2N4/c9-5-4-15-2-1-12-8(15)7(14-5)13-3-6(10)11/h1-2,4,6H,3H2,(H,13,14). The molecule has 0 amide bonds. The molecule has 0 fully saturated rings. The molecule has 2 heterocycles. The molecule has 0 unspecified atom stereocenters. The number of hydrogen-bond donors (Lipinski definition) is 1. The first kappa shape index (κ1) is 10.3. The second-order valence-corrected chi connectivity index (χ2v) is 3.65. The molecule has 0 atom stereocenters. The third-order valence-corrected chi connectivity index (χ3v) is 2.15. The quantitative estimate of drug-likeness (QED) is 0.934. The van der Waals surface area contributed by atoms with Gasteiger partial charge in [-0.25, -0.2) is 18.7 Å². The summed E-state index contributed by atoms with van der Waals surface area (Å²) in [7, 11) is 0. The van der Waals surface area contributed by atoms with Gasteiger partial charge in [-0.05, 0) is 15.9 Å². The monoisotopic (exact) mass is 276 g/mol. The normalized spacial score (nSPS) is 11.2. The first-order chi connectivity index (χ1) is 7.16. The van der Waals surface area contributed by atoms with Crippen molar-refractivity contribution in [1.29, 1.82) is 0 Å². The number of rotatable bonds is 3. The molecule has 2 rings (SSSR count). The molecule has 1 N–H and O–H groups in total. The van der Waals surface area contributed by atoms with E-state index in [4.69, 9.17) is 0 Å². The molecule has 0 aliphatic heterocycles. The third-order valence-electron chi connectivity index (χ3n) is 1.77. The Balaban J connectivity index is 2.35. The lowest BCUT2D eigenvalue weighted by Gasteiger charge is -2.06. The third kappa shape index (κ3) is 2.23. The van der Waals surface area contributed by atoms with Crippen LogP contribution in [0.25, 0.3) is 5.65 Å². The molecule has 0 saturated heterocycles. The van der Waals surface area contributed by atoms with Gasteiger partial charge in [0, 0.05) is 18.6 Å². The molecule has 15 heavy (non-hydrogen) atoms. The molecule has 80 valence electrons. The predicted molar refractivity (Wildman–Crippen MR) is 55.2 cm³/mol. The van der Waals surface area contributed by atoms with E-state index in [0.717, 1.165) is 0 Å². The number of hydrogen-bond acceptors (Lipinski definition) is 3. The minimum atomic E-state index is -2.42. The van der Waals surface area contributed by atoms with Gasteiger partial charge in [-0.15, -0.1) is 0 Å². The van der Waals surface area contributed by atoms with Crippen LogP contribution in [-0.2, 0) is 0 Å². The highest BCUT2D eigenvalue weighted by molar-refractivity contribution is 9.10. The van der Waals surface area contributed by atoms with Crippen molar-refractivity contribution in [2.24, 2.45) is 0 Å². The summed E-state index contributed by atoms with van der Waals surface area (Å²) in [5, 5.41) is 2.54. The van der Waals surface area contributed by atoms with E-state index in [-0.39, 0.29) is 0 Å². The largest absolute Gasteiger partial charge is 0.361 e. The Hall–Kier alpha value is -1.24. The van der Waals surface area contributed by atoms with Crippen molar-refractivity contribution in [3.63, 3.8) is 0 Å². The first-order valence-corrected chi connectivity index (χ1v) is 4.97. The Morgan fingerprint density at radius 1 is 1.53 bits per heavy atom. The highest BCUT2D eigenvalue weighted by Gasteiger charge is 2.08. The molecule has 0 aromatic carbocycles. The van der Waals surface area contributed by atoms with Gasteiger partial charge in [0.2, 0.25) is 0 Å². The van der Waals surface area contributed by atoms with E-state index >= 15 is 0 Å². The second-order valence-electron chi connectivity index (χ2n) is 2.84. The van der Waals surface area contributed by atoms with Gasteiger partial charge < -0.3 is 9.72 Å². The van der Waals surface area contributed by atoms with Gasteiger partial charge in [-0.3, -0.25) is 0 Å². The van der Waals surface area contributed by atoms with E-state index in [9.17, 15) is 8.78 Å². The van der Waals surface area contributed by atoms with Gasteiger partial charge in [0.25, 0.3) is 6.43 Å². The zero-order valence-corrected chi connectivity index (χ0v) is 9.08. The Kier molecular flexibility index (Phi) is 2.81.